The van der Waals surface area contributed by atoms with E-state index in [1.165, 1.54) is 6.07 Å². The Morgan fingerprint density at radius 3 is 2.60 bits per heavy atom. The highest BCUT2D eigenvalue weighted by atomic mass is 79.9. The summed E-state index contributed by atoms with van der Waals surface area (Å²) in [6, 6.07) is 10.9. The van der Waals surface area contributed by atoms with Crippen LogP contribution in [0.4, 0.5) is 24.5 Å². The van der Waals surface area contributed by atoms with Gasteiger partial charge in [-0.2, -0.15) is 13.2 Å². The standard InChI is InChI=1S/C18H16BrF3N2O/c1-11-6-7-12(17(2)10-16(19)24-25-17)9-15(11)23-14-5-3-4-13(8-14)18(20,21)22/h3-9,23H,10H2,1-2H3/t17-/m0/s1. The minimum absolute atomic E-state index is 0.380. The van der Waals surface area contributed by atoms with E-state index in [9.17, 15) is 13.2 Å². The second-order valence-corrected chi connectivity index (χ2v) is 7.12. The maximum Gasteiger partial charge on any atom is 0.416 e. The molecule has 0 unspecified atom stereocenters. The van der Waals surface area contributed by atoms with E-state index in [1.54, 1.807) is 6.07 Å². The third kappa shape index (κ3) is 3.81. The quantitative estimate of drug-likeness (QED) is 0.660. The van der Waals surface area contributed by atoms with Crippen LogP contribution >= 0.6 is 15.9 Å². The largest absolute Gasteiger partial charge is 0.416 e. The number of aryl methyl sites for hydroxylation is 1. The molecule has 0 bridgehead atoms. The van der Waals surface area contributed by atoms with Gasteiger partial charge in [0, 0.05) is 23.4 Å². The lowest BCUT2D eigenvalue weighted by Gasteiger charge is -2.23. The predicted molar refractivity (Wildman–Crippen MR) is 95.3 cm³/mol. The van der Waals surface area contributed by atoms with Gasteiger partial charge in [0.25, 0.3) is 0 Å². The molecule has 132 valence electrons. The topological polar surface area (TPSA) is 33.6 Å². The van der Waals surface area contributed by atoms with Crippen LogP contribution in [-0.4, -0.2) is 4.62 Å². The number of alkyl halides is 3. The Morgan fingerprint density at radius 1 is 1.20 bits per heavy atom. The van der Waals surface area contributed by atoms with Crippen molar-refractivity contribution in [1.29, 1.82) is 0 Å². The van der Waals surface area contributed by atoms with Gasteiger partial charge in [-0.15, -0.1) is 0 Å². The van der Waals surface area contributed by atoms with Gasteiger partial charge in [-0.05, 0) is 59.6 Å². The van der Waals surface area contributed by atoms with Crippen LogP contribution in [0.2, 0.25) is 0 Å². The third-order valence-corrected chi connectivity index (χ3v) is 4.57. The molecule has 7 heteroatoms. The number of oxime groups is 1. The van der Waals surface area contributed by atoms with Gasteiger partial charge >= 0.3 is 6.18 Å². The molecule has 1 N–H and O–H groups in total. The number of benzene rings is 2. The monoisotopic (exact) mass is 412 g/mol. The number of rotatable bonds is 3. The van der Waals surface area contributed by atoms with Crippen molar-refractivity contribution in [2.75, 3.05) is 5.32 Å². The first-order chi connectivity index (χ1) is 11.7. The molecule has 3 nitrogen and oxygen atoms in total. The molecule has 3 rings (SSSR count). The van der Waals surface area contributed by atoms with Crippen LogP contribution in [-0.2, 0) is 16.6 Å². The van der Waals surface area contributed by atoms with E-state index in [4.69, 9.17) is 4.84 Å². The first-order valence-corrected chi connectivity index (χ1v) is 8.43. The third-order valence-electron chi connectivity index (χ3n) is 4.15. The molecule has 0 radical (unpaired) electrons. The summed E-state index contributed by atoms with van der Waals surface area (Å²) in [5.74, 6) is 0. The van der Waals surface area contributed by atoms with Crippen molar-refractivity contribution in [1.82, 2.24) is 0 Å². The van der Waals surface area contributed by atoms with Crippen LogP contribution < -0.4 is 5.32 Å². The summed E-state index contributed by atoms with van der Waals surface area (Å²) in [7, 11) is 0. The van der Waals surface area contributed by atoms with Crippen LogP contribution in [0.3, 0.4) is 0 Å². The number of nitrogens with one attached hydrogen (secondary N) is 1. The molecule has 0 fully saturated rings. The molecule has 0 amide bonds. The number of nitrogens with zero attached hydrogens (tertiary/aromatic N) is 1. The van der Waals surface area contributed by atoms with Gasteiger partial charge in [-0.25, -0.2) is 0 Å². The molecular weight excluding hydrogens is 397 g/mol. The fourth-order valence-electron chi connectivity index (χ4n) is 2.66. The zero-order valence-electron chi connectivity index (χ0n) is 13.6. The number of hydrogen-bond acceptors (Lipinski definition) is 3. The lowest BCUT2D eigenvalue weighted by molar-refractivity contribution is -0.137. The molecule has 0 spiro atoms. The second-order valence-electron chi connectivity index (χ2n) is 6.20. The van der Waals surface area contributed by atoms with Crippen molar-refractivity contribution in [2.24, 2.45) is 5.16 Å². The van der Waals surface area contributed by atoms with Crippen molar-refractivity contribution < 1.29 is 18.0 Å². The zero-order valence-corrected chi connectivity index (χ0v) is 15.2. The van der Waals surface area contributed by atoms with Gasteiger partial charge in [0.15, 0.2) is 5.60 Å². The van der Waals surface area contributed by atoms with Crippen LogP contribution in [0, 0.1) is 6.92 Å². The summed E-state index contributed by atoms with van der Waals surface area (Å²) in [6.45, 7) is 3.81. The van der Waals surface area contributed by atoms with Crippen molar-refractivity contribution in [2.45, 2.75) is 32.0 Å². The Kier molecular flexibility index (Phi) is 4.53. The van der Waals surface area contributed by atoms with Gasteiger partial charge < -0.3 is 10.2 Å². The number of hydrogen-bond donors (Lipinski definition) is 1. The van der Waals surface area contributed by atoms with Crippen molar-refractivity contribution in [3.05, 3.63) is 59.2 Å². The highest BCUT2D eigenvalue weighted by molar-refractivity contribution is 9.18. The summed E-state index contributed by atoms with van der Waals surface area (Å²) in [5.41, 5.74) is 1.63. The molecule has 1 atom stereocenters. The van der Waals surface area contributed by atoms with Crippen molar-refractivity contribution >= 4 is 31.9 Å². The van der Waals surface area contributed by atoms with E-state index in [0.29, 0.717) is 12.1 Å². The van der Waals surface area contributed by atoms with Gasteiger partial charge in [-0.1, -0.05) is 23.4 Å². The highest BCUT2D eigenvalue weighted by Crippen LogP contribution is 2.38. The van der Waals surface area contributed by atoms with E-state index < -0.39 is 17.3 Å². The smallest absolute Gasteiger partial charge is 0.383 e. The summed E-state index contributed by atoms with van der Waals surface area (Å²) in [6.07, 6.45) is -3.78. The average Bonchev–Trinajstić information content (AvgIpc) is 2.89. The molecule has 0 aromatic heterocycles. The van der Waals surface area contributed by atoms with Gasteiger partial charge in [0.2, 0.25) is 0 Å². The molecule has 25 heavy (non-hydrogen) atoms. The molecule has 2 aromatic rings. The summed E-state index contributed by atoms with van der Waals surface area (Å²) in [5, 5.41) is 7.00. The fourth-order valence-corrected chi connectivity index (χ4v) is 3.27. The van der Waals surface area contributed by atoms with Crippen molar-refractivity contribution in [3.63, 3.8) is 0 Å². The van der Waals surface area contributed by atoms with E-state index in [0.717, 1.165) is 33.6 Å². The summed E-state index contributed by atoms with van der Waals surface area (Å²) in [4.78, 5) is 5.51. The average molecular weight is 413 g/mol. The first kappa shape index (κ1) is 17.8. The summed E-state index contributed by atoms with van der Waals surface area (Å²) >= 11 is 3.33. The molecule has 1 aliphatic rings. The minimum atomic E-state index is -4.37. The molecule has 0 saturated carbocycles. The number of halogens is 4. The summed E-state index contributed by atoms with van der Waals surface area (Å²) < 4.78 is 39.4. The molecule has 1 heterocycles. The predicted octanol–water partition coefficient (Wildman–Crippen LogP) is 6.10. The molecular formula is C18H16BrF3N2O. The Morgan fingerprint density at radius 2 is 1.96 bits per heavy atom. The van der Waals surface area contributed by atoms with Gasteiger partial charge in [0.1, 0.15) is 4.62 Å². The lowest BCUT2D eigenvalue weighted by Crippen LogP contribution is -2.21. The Balaban J connectivity index is 1.90. The van der Waals surface area contributed by atoms with Crippen molar-refractivity contribution in [3.8, 4) is 0 Å². The van der Waals surface area contributed by atoms with E-state index in [-0.39, 0.29) is 0 Å². The zero-order chi connectivity index (χ0) is 18.2. The maximum absolute atomic E-state index is 12.9. The molecule has 0 aliphatic carbocycles. The fraction of sp³-hybridized carbons (Fsp3) is 0.278. The van der Waals surface area contributed by atoms with Crippen LogP contribution in [0.5, 0.6) is 0 Å². The maximum atomic E-state index is 12.9. The lowest BCUT2D eigenvalue weighted by atomic mass is 9.92. The SMILES string of the molecule is Cc1ccc([C@]2(C)CC(Br)=NO2)cc1Nc1cccc(C(F)(F)F)c1. The number of anilines is 2. The van der Waals surface area contributed by atoms with Crippen LogP contribution in [0.15, 0.2) is 47.6 Å². The van der Waals surface area contributed by atoms with Gasteiger partial charge in [-0.3, -0.25) is 0 Å². The molecule has 0 saturated heterocycles. The molecule has 2 aromatic carbocycles. The Labute approximate surface area is 152 Å². The second kappa shape index (κ2) is 6.37. The Bertz CT molecular complexity index is 835. The van der Waals surface area contributed by atoms with Gasteiger partial charge in [0.05, 0.1) is 5.56 Å². The first-order valence-electron chi connectivity index (χ1n) is 7.63. The molecule has 1 aliphatic heterocycles. The van der Waals surface area contributed by atoms with E-state index in [2.05, 4.69) is 26.4 Å². The normalized spacial score (nSPS) is 20.2. The highest BCUT2D eigenvalue weighted by Gasteiger charge is 2.35. The Hall–Kier alpha value is -2.02. The van der Waals surface area contributed by atoms with E-state index >= 15 is 0 Å². The van der Waals surface area contributed by atoms with E-state index in [1.807, 2.05) is 32.0 Å². The van der Waals surface area contributed by atoms with Crippen LogP contribution in [0.1, 0.15) is 30.0 Å². The van der Waals surface area contributed by atoms with Crippen LogP contribution in [0.25, 0.3) is 0 Å². The minimum Gasteiger partial charge on any atom is -0.383 e.